The Kier molecular flexibility index (Phi) is 7.67. The van der Waals surface area contributed by atoms with Gasteiger partial charge in [-0.25, -0.2) is 0 Å². The summed E-state index contributed by atoms with van der Waals surface area (Å²) in [5.74, 6) is -0.244. The Hall–Kier alpha value is -3.15. The molecule has 0 saturated carbocycles. The summed E-state index contributed by atoms with van der Waals surface area (Å²) in [4.78, 5) is 34.8. The SMILES string of the molecule is Cn1c(CNC(=O)c2cccc([N+](=O)[O-])c2)nnc1SCC(=O)Nc1cc(Cl)cc(Cl)c1. The first-order valence-corrected chi connectivity index (χ1v) is 10.8. The molecule has 3 aromatic rings. The Morgan fingerprint density at radius 3 is 2.56 bits per heavy atom. The number of nitrogens with one attached hydrogen (secondary N) is 2. The predicted molar refractivity (Wildman–Crippen MR) is 121 cm³/mol. The van der Waals surface area contributed by atoms with Crippen molar-refractivity contribution >= 4 is 58.2 Å². The molecular weight excluding hydrogens is 479 g/mol. The van der Waals surface area contributed by atoms with Gasteiger partial charge in [0.1, 0.15) is 0 Å². The van der Waals surface area contributed by atoms with Crippen LogP contribution in [0.25, 0.3) is 0 Å². The minimum Gasteiger partial charge on any atom is -0.345 e. The van der Waals surface area contributed by atoms with Crippen LogP contribution in [0.5, 0.6) is 0 Å². The Morgan fingerprint density at radius 2 is 1.88 bits per heavy atom. The maximum absolute atomic E-state index is 12.3. The Bertz CT molecular complexity index is 1170. The highest BCUT2D eigenvalue weighted by Gasteiger charge is 2.15. The molecule has 0 aliphatic heterocycles. The largest absolute Gasteiger partial charge is 0.345 e. The molecule has 0 aliphatic rings. The summed E-state index contributed by atoms with van der Waals surface area (Å²) in [6.07, 6.45) is 0. The molecule has 0 bridgehead atoms. The van der Waals surface area contributed by atoms with E-state index >= 15 is 0 Å². The van der Waals surface area contributed by atoms with E-state index in [-0.39, 0.29) is 29.5 Å². The average Bonchev–Trinajstić information content (AvgIpc) is 3.09. The second-order valence-corrected chi connectivity index (χ2v) is 8.26. The van der Waals surface area contributed by atoms with Gasteiger partial charge >= 0.3 is 0 Å². The van der Waals surface area contributed by atoms with Gasteiger partial charge in [0.2, 0.25) is 5.91 Å². The highest BCUT2D eigenvalue weighted by atomic mass is 35.5. The predicted octanol–water partition coefficient (Wildman–Crippen LogP) is 3.69. The number of nitro groups is 1. The van der Waals surface area contributed by atoms with E-state index in [9.17, 15) is 19.7 Å². The Labute approximate surface area is 196 Å². The van der Waals surface area contributed by atoms with Crippen molar-refractivity contribution in [3.8, 4) is 0 Å². The fourth-order valence-electron chi connectivity index (χ4n) is 2.60. The van der Waals surface area contributed by atoms with Crippen LogP contribution in [0.3, 0.4) is 0 Å². The molecule has 2 amide bonds. The van der Waals surface area contributed by atoms with Crippen LogP contribution in [0.4, 0.5) is 11.4 Å². The Morgan fingerprint density at radius 1 is 1.16 bits per heavy atom. The number of halogens is 2. The second-order valence-electron chi connectivity index (χ2n) is 6.44. The van der Waals surface area contributed by atoms with Crippen molar-refractivity contribution < 1.29 is 14.5 Å². The maximum atomic E-state index is 12.3. The third-order valence-corrected chi connectivity index (χ3v) is 5.59. The highest BCUT2D eigenvalue weighted by Crippen LogP contribution is 2.23. The summed E-state index contributed by atoms with van der Waals surface area (Å²) < 4.78 is 1.64. The first-order valence-electron chi connectivity index (χ1n) is 9.02. The van der Waals surface area contributed by atoms with E-state index in [1.807, 2.05) is 0 Å². The topological polar surface area (TPSA) is 132 Å². The Balaban J connectivity index is 1.54. The first kappa shape index (κ1) is 23.5. The standard InChI is InChI=1S/C19H16Cl2N6O4S/c1-26-16(9-22-18(29)11-3-2-4-15(5-11)27(30)31)24-25-19(26)32-10-17(28)23-14-7-12(20)6-13(21)8-14/h2-8H,9-10H2,1H3,(H,22,29)(H,23,28). The number of nitro benzene ring substituents is 1. The number of hydrogen-bond acceptors (Lipinski definition) is 7. The van der Waals surface area contributed by atoms with Gasteiger partial charge in [0.15, 0.2) is 11.0 Å². The molecule has 32 heavy (non-hydrogen) atoms. The van der Waals surface area contributed by atoms with E-state index in [1.165, 1.54) is 24.3 Å². The van der Waals surface area contributed by atoms with Crippen LogP contribution in [-0.2, 0) is 18.4 Å². The summed E-state index contributed by atoms with van der Waals surface area (Å²) in [6.45, 7) is 0.0544. The molecule has 0 fully saturated rings. The van der Waals surface area contributed by atoms with E-state index in [1.54, 1.807) is 29.8 Å². The van der Waals surface area contributed by atoms with Gasteiger partial charge in [-0.2, -0.15) is 0 Å². The molecule has 0 saturated heterocycles. The highest BCUT2D eigenvalue weighted by molar-refractivity contribution is 7.99. The van der Waals surface area contributed by atoms with Gasteiger partial charge in [0, 0.05) is 40.5 Å². The molecule has 0 spiro atoms. The van der Waals surface area contributed by atoms with E-state index < -0.39 is 10.8 Å². The number of nitrogens with zero attached hydrogens (tertiary/aromatic N) is 4. The van der Waals surface area contributed by atoms with Crippen molar-refractivity contribution in [2.45, 2.75) is 11.7 Å². The quantitative estimate of drug-likeness (QED) is 0.277. The van der Waals surface area contributed by atoms with Crippen LogP contribution >= 0.6 is 35.0 Å². The molecular formula is C19H16Cl2N6O4S. The molecule has 1 heterocycles. The zero-order valence-corrected chi connectivity index (χ0v) is 18.9. The van der Waals surface area contributed by atoms with Gasteiger partial charge < -0.3 is 15.2 Å². The summed E-state index contributed by atoms with van der Waals surface area (Å²) in [7, 11) is 1.70. The number of carbonyl (C=O) groups is 2. The number of anilines is 1. The van der Waals surface area contributed by atoms with Gasteiger partial charge in [-0.15, -0.1) is 10.2 Å². The van der Waals surface area contributed by atoms with Gasteiger partial charge in [-0.3, -0.25) is 19.7 Å². The van der Waals surface area contributed by atoms with Crippen LogP contribution in [0.15, 0.2) is 47.6 Å². The summed E-state index contributed by atoms with van der Waals surface area (Å²) in [5, 5.41) is 25.5. The van der Waals surface area contributed by atoms with Crippen molar-refractivity contribution in [1.29, 1.82) is 0 Å². The lowest BCUT2D eigenvalue weighted by Crippen LogP contribution is -2.24. The number of hydrogen-bond donors (Lipinski definition) is 2. The van der Waals surface area contributed by atoms with E-state index in [0.29, 0.717) is 26.7 Å². The average molecular weight is 495 g/mol. The fourth-order valence-corrected chi connectivity index (χ4v) is 3.86. The van der Waals surface area contributed by atoms with E-state index in [0.717, 1.165) is 11.8 Å². The number of carbonyl (C=O) groups excluding carboxylic acids is 2. The molecule has 2 N–H and O–H groups in total. The lowest BCUT2D eigenvalue weighted by Gasteiger charge is -2.07. The molecule has 1 aromatic heterocycles. The number of non-ortho nitro benzene ring substituents is 1. The van der Waals surface area contributed by atoms with Gasteiger partial charge in [0.05, 0.1) is 17.2 Å². The zero-order chi connectivity index (χ0) is 23.3. The molecule has 0 atom stereocenters. The minimum atomic E-state index is -0.569. The van der Waals surface area contributed by atoms with Gasteiger partial charge in [-0.05, 0) is 24.3 Å². The van der Waals surface area contributed by atoms with E-state index in [2.05, 4.69) is 20.8 Å². The summed E-state index contributed by atoms with van der Waals surface area (Å²) >= 11 is 13.0. The van der Waals surface area contributed by atoms with Crippen molar-refractivity contribution in [1.82, 2.24) is 20.1 Å². The molecule has 10 nitrogen and oxygen atoms in total. The maximum Gasteiger partial charge on any atom is 0.270 e. The van der Waals surface area contributed by atoms with Crippen molar-refractivity contribution in [2.24, 2.45) is 7.05 Å². The minimum absolute atomic E-state index is 0.0544. The number of benzene rings is 2. The molecule has 0 unspecified atom stereocenters. The van der Waals surface area contributed by atoms with Crippen molar-refractivity contribution in [3.63, 3.8) is 0 Å². The summed E-state index contributed by atoms with van der Waals surface area (Å²) in [5.41, 5.74) is 0.470. The van der Waals surface area contributed by atoms with Gasteiger partial charge in [0.25, 0.3) is 11.6 Å². The van der Waals surface area contributed by atoms with Gasteiger partial charge in [-0.1, -0.05) is 41.0 Å². The van der Waals surface area contributed by atoms with Crippen LogP contribution in [-0.4, -0.2) is 37.3 Å². The molecule has 0 radical (unpaired) electrons. The second kappa shape index (κ2) is 10.4. The van der Waals surface area contributed by atoms with Crippen LogP contribution < -0.4 is 10.6 Å². The number of aromatic nitrogens is 3. The normalized spacial score (nSPS) is 10.6. The zero-order valence-electron chi connectivity index (χ0n) is 16.5. The van der Waals surface area contributed by atoms with E-state index in [4.69, 9.17) is 23.2 Å². The van der Waals surface area contributed by atoms with Crippen molar-refractivity contribution in [2.75, 3.05) is 11.1 Å². The molecule has 2 aromatic carbocycles. The van der Waals surface area contributed by atoms with Crippen LogP contribution in [0.1, 0.15) is 16.2 Å². The molecule has 3 rings (SSSR count). The van der Waals surface area contributed by atoms with Crippen molar-refractivity contribution in [3.05, 3.63) is 74.0 Å². The molecule has 0 aliphatic carbocycles. The summed E-state index contributed by atoms with van der Waals surface area (Å²) in [6, 6.07) is 10.1. The lowest BCUT2D eigenvalue weighted by molar-refractivity contribution is -0.384. The lowest BCUT2D eigenvalue weighted by atomic mass is 10.2. The first-order chi connectivity index (χ1) is 15.2. The third kappa shape index (κ3) is 6.19. The number of thioether (sulfide) groups is 1. The number of amides is 2. The van der Waals surface area contributed by atoms with Crippen LogP contribution in [0.2, 0.25) is 10.0 Å². The number of rotatable bonds is 8. The van der Waals surface area contributed by atoms with Crippen LogP contribution in [0, 0.1) is 10.1 Å². The fraction of sp³-hybridized carbons (Fsp3) is 0.158. The third-order valence-electron chi connectivity index (χ3n) is 4.13. The monoisotopic (exact) mass is 494 g/mol. The smallest absolute Gasteiger partial charge is 0.270 e. The molecule has 13 heteroatoms. The molecule has 166 valence electrons.